The molecule has 0 aliphatic carbocycles. The SMILES string of the molecule is CC(=O)c1ccccc1-c1cc(-c2ccccc2)ccc1CC[C@@H](C)c1cccc2c3ccc(-c4ccccc4)cc3c3ccccc3c12. The van der Waals surface area contributed by atoms with E-state index in [1.54, 1.807) is 6.92 Å². The second kappa shape index (κ2) is 13.0. The highest BCUT2D eigenvalue weighted by atomic mass is 16.1. The predicted molar refractivity (Wildman–Crippen MR) is 208 cm³/mol. The summed E-state index contributed by atoms with van der Waals surface area (Å²) in [7, 11) is 0. The van der Waals surface area contributed by atoms with Crippen LogP contribution in [-0.2, 0) is 6.42 Å². The molecule has 0 saturated carbocycles. The van der Waals surface area contributed by atoms with Gasteiger partial charge in [0, 0.05) is 5.56 Å². The van der Waals surface area contributed by atoms with Gasteiger partial charge in [0.05, 0.1) is 0 Å². The number of hydrogen-bond donors (Lipinski definition) is 0. The Morgan fingerprint density at radius 2 is 1.06 bits per heavy atom. The van der Waals surface area contributed by atoms with E-state index in [1.165, 1.54) is 60.1 Å². The van der Waals surface area contributed by atoms with E-state index >= 15 is 0 Å². The first-order chi connectivity index (χ1) is 24.1. The minimum Gasteiger partial charge on any atom is -0.294 e. The van der Waals surface area contributed by atoms with E-state index in [0.717, 1.165) is 35.1 Å². The number of aryl methyl sites for hydroxylation is 1. The molecule has 0 amide bonds. The molecule has 0 bridgehead atoms. The molecule has 0 aromatic heterocycles. The number of hydrogen-bond acceptors (Lipinski definition) is 1. The zero-order valence-corrected chi connectivity index (χ0v) is 28.0. The highest BCUT2D eigenvalue weighted by molar-refractivity contribution is 6.26. The molecule has 0 heterocycles. The van der Waals surface area contributed by atoms with Gasteiger partial charge < -0.3 is 0 Å². The maximum Gasteiger partial charge on any atom is 0.160 e. The highest BCUT2D eigenvalue weighted by Gasteiger charge is 2.18. The zero-order chi connectivity index (χ0) is 33.3. The molecule has 49 heavy (non-hydrogen) atoms. The van der Waals surface area contributed by atoms with Crippen LogP contribution in [0.1, 0.15) is 47.7 Å². The van der Waals surface area contributed by atoms with Crippen LogP contribution in [0, 0.1) is 0 Å². The zero-order valence-electron chi connectivity index (χ0n) is 28.0. The molecule has 0 unspecified atom stereocenters. The van der Waals surface area contributed by atoms with Crippen molar-refractivity contribution in [1.82, 2.24) is 0 Å². The molecule has 8 aromatic rings. The van der Waals surface area contributed by atoms with Gasteiger partial charge in [-0.25, -0.2) is 0 Å². The van der Waals surface area contributed by atoms with Gasteiger partial charge in [-0.1, -0.05) is 159 Å². The minimum absolute atomic E-state index is 0.0887. The van der Waals surface area contributed by atoms with Crippen LogP contribution in [0.25, 0.3) is 65.7 Å². The molecule has 1 heteroatoms. The predicted octanol–water partition coefficient (Wildman–Crippen LogP) is 13.1. The normalized spacial score (nSPS) is 12.0. The van der Waals surface area contributed by atoms with Gasteiger partial charge in [-0.2, -0.15) is 0 Å². The van der Waals surface area contributed by atoms with Gasteiger partial charge in [-0.3, -0.25) is 4.79 Å². The van der Waals surface area contributed by atoms with Crippen molar-refractivity contribution < 1.29 is 4.79 Å². The van der Waals surface area contributed by atoms with Crippen LogP contribution in [0.3, 0.4) is 0 Å². The van der Waals surface area contributed by atoms with E-state index in [1.807, 2.05) is 24.3 Å². The molecule has 1 nitrogen and oxygen atoms in total. The van der Waals surface area contributed by atoms with Crippen molar-refractivity contribution in [3.63, 3.8) is 0 Å². The van der Waals surface area contributed by atoms with Gasteiger partial charge in [0.15, 0.2) is 5.78 Å². The molecule has 0 spiro atoms. The molecule has 0 aliphatic heterocycles. The summed E-state index contributed by atoms with van der Waals surface area (Å²) in [5.41, 5.74) is 10.4. The van der Waals surface area contributed by atoms with Crippen molar-refractivity contribution in [3.8, 4) is 33.4 Å². The van der Waals surface area contributed by atoms with Gasteiger partial charge in [0.1, 0.15) is 0 Å². The Kier molecular flexibility index (Phi) is 8.11. The van der Waals surface area contributed by atoms with Crippen LogP contribution in [0.2, 0.25) is 0 Å². The van der Waals surface area contributed by atoms with Crippen LogP contribution >= 0.6 is 0 Å². The van der Waals surface area contributed by atoms with E-state index in [4.69, 9.17) is 0 Å². The Bertz CT molecular complexity index is 2440. The van der Waals surface area contributed by atoms with Crippen molar-refractivity contribution in [2.45, 2.75) is 32.6 Å². The number of fused-ring (bicyclic) bond motifs is 6. The summed E-state index contributed by atoms with van der Waals surface area (Å²) in [5.74, 6) is 0.406. The molecular formula is C48H38O. The third-order valence-corrected chi connectivity index (χ3v) is 10.2. The van der Waals surface area contributed by atoms with E-state index in [0.29, 0.717) is 5.92 Å². The molecular weight excluding hydrogens is 593 g/mol. The summed E-state index contributed by atoms with van der Waals surface area (Å²) in [4.78, 5) is 12.8. The van der Waals surface area contributed by atoms with Crippen LogP contribution in [-0.4, -0.2) is 5.78 Å². The third kappa shape index (κ3) is 5.72. The van der Waals surface area contributed by atoms with E-state index in [-0.39, 0.29) is 5.78 Å². The van der Waals surface area contributed by atoms with Crippen molar-refractivity contribution in [2.24, 2.45) is 0 Å². The third-order valence-electron chi connectivity index (χ3n) is 10.2. The fourth-order valence-electron chi connectivity index (χ4n) is 7.66. The first-order valence-electron chi connectivity index (χ1n) is 17.3. The first kappa shape index (κ1) is 30.5. The first-order valence-corrected chi connectivity index (χ1v) is 17.3. The second-order valence-electron chi connectivity index (χ2n) is 13.2. The summed E-state index contributed by atoms with van der Waals surface area (Å²) in [5, 5.41) is 7.85. The molecule has 0 fully saturated rings. The maximum absolute atomic E-state index is 12.8. The smallest absolute Gasteiger partial charge is 0.160 e. The van der Waals surface area contributed by atoms with Crippen molar-refractivity contribution >= 4 is 38.1 Å². The van der Waals surface area contributed by atoms with E-state index < -0.39 is 0 Å². The number of ketones is 1. The van der Waals surface area contributed by atoms with Crippen LogP contribution < -0.4 is 0 Å². The van der Waals surface area contributed by atoms with Gasteiger partial charge in [-0.05, 0) is 115 Å². The number of carbonyl (C=O) groups is 1. The molecule has 8 rings (SSSR count). The van der Waals surface area contributed by atoms with Gasteiger partial charge >= 0.3 is 0 Å². The quantitative estimate of drug-likeness (QED) is 0.121. The number of rotatable bonds is 8. The Hall–Kier alpha value is -5.79. The average Bonchev–Trinajstić information content (AvgIpc) is 3.17. The summed E-state index contributed by atoms with van der Waals surface area (Å²) < 4.78 is 0. The van der Waals surface area contributed by atoms with E-state index in [2.05, 4.69) is 146 Å². The number of benzene rings is 8. The molecule has 0 aliphatic rings. The lowest BCUT2D eigenvalue weighted by molar-refractivity contribution is 0.101. The Balaban J connectivity index is 1.21. The minimum atomic E-state index is 0.0887. The van der Waals surface area contributed by atoms with Gasteiger partial charge in [-0.15, -0.1) is 0 Å². The van der Waals surface area contributed by atoms with Crippen LogP contribution in [0.5, 0.6) is 0 Å². The molecule has 236 valence electrons. The highest BCUT2D eigenvalue weighted by Crippen LogP contribution is 2.41. The fourth-order valence-corrected chi connectivity index (χ4v) is 7.66. The largest absolute Gasteiger partial charge is 0.294 e. The monoisotopic (exact) mass is 630 g/mol. The van der Waals surface area contributed by atoms with E-state index in [9.17, 15) is 4.79 Å². The van der Waals surface area contributed by atoms with Crippen molar-refractivity contribution in [3.05, 3.63) is 180 Å². The molecule has 8 aromatic carbocycles. The summed E-state index contributed by atoms with van der Waals surface area (Å²) in [6.45, 7) is 4.03. The average molecular weight is 631 g/mol. The second-order valence-corrected chi connectivity index (χ2v) is 13.2. The summed E-state index contributed by atoms with van der Waals surface area (Å²) in [6.07, 6.45) is 1.89. The standard InChI is InChI=1S/C48H38O/c1-32(24-25-36-26-27-37(34-14-5-3-6-15-34)30-46(36)41-19-10-9-18-40(41)33(2)49)39-22-13-23-45-43-29-28-38(35-16-7-4-8-17-35)31-47(43)42-20-11-12-21-44(42)48(39)45/h3-23,26-32H,24-25H2,1-2H3/t32-/m1/s1. The Labute approximate surface area is 288 Å². The maximum atomic E-state index is 12.8. The molecule has 0 radical (unpaired) electrons. The van der Waals surface area contributed by atoms with Crippen molar-refractivity contribution in [1.29, 1.82) is 0 Å². The Morgan fingerprint density at radius 3 is 1.78 bits per heavy atom. The van der Waals surface area contributed by atoms with Gasteiger partial charge in [0.25, 0.3) is 0 Å². The Morgan fingerprint density at radius 1 is 0.490 bits per heavy atom. The molecule has 1 atom stereocenters. The number of Topliss-reactive ketones (excluding diaryl/α,β-unsaturated/α-hetero) is 1. The molecule has 0 N–H and O–H groups in total. The van der Waals surface area contributed by atoms with Crippen LogP contribution in [0.4, 0.5) is 0 Å². The lowest BCUT2D eigenvalue weighted by Crippen LogP contribution is -2.02. The topological polar surface area (TPSA) is 17.1 Å². The number of carbonyl (C=O) groups excluding carboxylic acids is 1. The van der Waals surface area contributed by atoms with Crippen LogP contribution in [0.15, 0.2) is 164 Å². The lowest BCUT2D eigenvalue weighted by atomic mass is 9.84. The summed E-state index contributed by atoms with van der Waals surface area (Å²) >= 11 is 0. The summed E-state index contributed by atoms with van der Waals surface area (Å²) in [6, 6.07) is 58.7. The van der Waals surface area contributed by atoms with Gasteiger partial charge in [0.2, 0.25) is 0 Å². The van der Waals surface area contributed by atoms with Crippen molar-refractivity contribution in [2.75, 3.05) is 0 Å². The lowest BCUT2D eigenvalue weighted by Gasteiger charge is -2.20. The molecule has 0 saturated heterocycles. The fraction of sp³-hybridized carbons (Fsp3) is 0.104.